The maximum absolute atomic E-state index is 6.04. The molecule has 2 aliphatic heterocycles. The molecule has 0 radical (unpaired) electrons. The fraction of sp³-hybridized carbons (Fsp3) is 0.667. The van der Waals surface area contributed by atoms with Gasteiger partial charge in [-0.25, -0.2) is 0 Å². The molecule has 0 aliphatic carbocycles. The molecule has 3 atom stereocenters. The highest BCUT2D eigenvalue weighted by molar-refractivity contribution is 14.0. The molecule has 0 spiro atoms. The largest absolute Gasteiger partial charge is 0.373 e. The van der Waals surface area contributed by atoms with Crippen LogP contribution in [0.15, 0.2) is 29.3 Å². The summed E-state index contributed by atoms with van der Waals surface area (Å²) in [6.07, 6.45) is 2.86. The van der Waals surface area contributed by atoms with Gasteiger partial charge in [0, 0.05) is 38.1 Å². The predicted octanol–water partition coefficient (Wildman–Crippen LogP) is 3.13. The van der Waals surface area contributed by atoms with Gasteiger partial charge in [0.25, 0.3) is 0 Å². The number of benzene rings is 1. The summed E-state index contributed by atoms with van der Waals surface area (Å²) >= 11 is 0. The molecular formula is C21H35IN4O. The fourth-order valence-corrected chi connectivity index (χ4v) is 3.79. The van der Waals surface area contributed by atoms with Crippen LogP contribution in [-0.4, -0.2) is 62.3 Å². The topological polar surface area (TPSA) is 48.9 Å². The molecule has 0 amide bonds. The van der Waals surface area contributed by atoms with E-state index in [2.05, 4.69) is 60.6 Å². The van der Waals surface area contributed by atoms with Crippen LogP contribution in [0.3, 0.4) is 0 Å². The van der Waals surface area contributed by atoms with Crippen LogP contribution in [0.5, 0.6) is 0 Å². The van der Waals surface area contributed by atoms with Gasteiger partial charge in [0.1, 0.15) is 0 Å². The molecule has 5 nitrogen and oxygen atoms in total. The number of rotatable bonds is 6. The highest BCUT2D eigenvalue weighted by atomic mass is 127. The number of morpholine rings is 1. The van der Waals surface area contributed by atoms with Gasteiger partial charge in [-0.3, -0.25) is 9.89 Å². The van der Waals surface area contributed by atoms with Gasteiger partial charge in [0.15, 0.2) is 5.96 Å². The number of hydrogen-bond acceptors (Lipinski definition) is 3. The summed E-state index contributed by atoms with van der Waals surface area (Å²) < 4.78 is 6.04. The Morgan fingerprint density at radius 2 is 2.07 bits per heavy atom. The van der Waals surface area contributed by atoms with E-state index in [0.29, 0.717) is 12.0 Å². The molecule has 2 heterocycles. The van der Waals surface area contributed by atoms with Gasteiger partial charge in [0.05, 0.1) is 12.7 Å². The smallest absolute Gasteiger partial charge is 0.191 e. The Morgan fingerprint density at radius 3 is 2.81 bits per heavy atom. The minimum Gasteiger partial charge on any atom is -0.373 e. The van der Waals surface area contributed by atoms with Gasteiger partial charge >= 0.3 is 0 Å². The lowest BCUT2D eigenvalue weighted by atomic mass is 10.0. The van der Waals surface area contributed by atoms with Crippen molar-refractivity contribution in [2.24, 2.45) is 4.99 Å². The zero-order valence-electron chi connectivity index (χ0n) is 16.9. The van der Waals surface area contributed by atoms with E-state index in [9.17, 15) is 0 Å². The SMILES string of the molecule is CCNC(=NCC(C)c1ccc(C)cc1)NCC1CN2CCCC2CO1.I. The van der Waals surface area contributed by atoms with Crippen LogP contribution in [-0.2, 0) is 4.74 Å². The molecule has 2 fully saturated rings. The summed E-state index contributed by atoms with van der Waals surface area (Å²) in [5.74, 6) is 1.29. The zero-order chi connectivity index (χ0) is 18.4. The molecule has 3 rings (SSSR count). The fourth-order valence-electron chi connectivity index (χ4n) is 3.79. The quantitative estimate of drug-likeness (QED) is 0.369. The van der Waals surface area contributed by atoms with E-state index >= 15 is 0 Å². The molecule has 0 saturated carbocycles. The molecular weight excluding hydrogens is 451 g/mol. The van der Waals surface area contributed by atoms with E-state index in [-0.39, 0.29) is 30.1 Å². The number of nitrogens with one attached hydrogen (secondary N) is 2. The van der Waals surface area contributed by atoms with E-state index in [1.165, 1.54) is 30.5 Å². The molecule has 3 unspecified atom stereocenters. The summed E-state index contributed by atoms with van der Waals surface area (Å²) in [6, 6.07) is 9.41. The van der Waals surface area contributed by atoms with Crippen LogP contribution in [0, 0.1) is 6.92 Å². The summed E-state index contributed by atoms with van der Waals surface area (Å²) in [5.41, 5.74) is 2.64. The number of aliphatic imine (C=N–C) groups is 1. The van der Waals surface area contributed by atoms with Crippen molar-refractivity contribution >= 4 is 29.9 Å². The number of ether oxygens (including phenoxy) is 1. The highest BCUT2D eigenvalue weighted by Gasteiger charge is 2.32. The third-order valence-corrected chi connectivity index (χ3v) is 5.47. The van der Waals surface area contributed by atoms with E-state index in [0.717, 1.165) is 38.7 Å². The summed E-state index contributed by atoms with van der Waals surface area (Å²) in [6.45, 7) is 12.1. The molecule has 27 heavy (non-hydrogen) atoms. The Balaban J connectivity index is 0.00000261. The number of guanidine groups is 1. The zero-order valence-corrected chi connectivity index (χ0v) is 19.2. The average molecular weight is 486 g/mol. The maximum Gasteiger partial charge on any atom is 0.191 e. The first-order chi connectivity index (χ1) is 12.7. The lowest BCUT2D eigenvalue weighted by Crippen LogP contribution is -2.51. The lowest BCUT2D eigenvalue weighted by Gasteiger charge is -2.35. The summed E-state index contributed by atoms with van der Waals surface area (Å²) in [5, 5.41) is 6.83. The highest BCUT2D eigenvalue weighted by Crippen LogP contribution is 2.22. The molecule has 1 aromatic rings. The van der Waals surface area contributed by atoms with E-state index in [4.69, 9.17) is 9.73 Å². The Bertz CT molecular complexity index is 592. The Labute approximate surface area is 181 Å². The first-order valence-electron chi connectivity index (χ1n) is 10.1. The number of nitrogens with zero attached hydrogens (tertiary/aromatic N) is 2. The van der Waals surface area contributed by atoms with Crippen molar-refractivity contribution in [2.75, 3.05) is 39.3 Å². The summed E-state index contributed by atoms with van der Waals surface area (Å²) in [4.78, 5) is 7.37. The van der Waals surface area contributed by atoms with Gasteiger partial charge in [-0.15, -0.1) is 24.0 Å². The van der Waals surface area contributed by atoms with Crippen LogP contribution >= 0.6 is 24.0 Å². The van der Waals surface area contributed by atoms with Crippen LogP contribution < -0.4 is 10.6 Å². The van der Waals surface area contributed by atoms with E-state index in [1.807, 2.05) is 0 Å². The molecule has 6 heteroatoms. The van der Waals surface area contributed by atoms with E-state index < -0.39 is 0 Å². The first kappa shape index (κ1) is 22.4. The monoisotopic (exact) mass is 486 g/mol. The Hall–Kier alpha value is -0.860. The Kier molecular flexibility index (Phi) is 9.32. The molecule has 152 valence electrons. The lowest BCUT2D eigenvalue weighted by molar-refractivity contribution is -0.0453. The van der Waals surface area contributed by atoms with Gasteiger partial charge in [-0.2, -0.15) is 0 Å². The molecule has 1 aromatic carbocycles. The average Bonchev–Trinajstić information content (AvgIpc) is 3.12. The minimum atomic E-state index is 0. The van der Waals surface area contributed by atoms with Gasteiger partial charge < -0.3 is 15.4 Å². The number of halogens is 1. The normalized spacial score (nSPS) is 24.0. The third kappa shape index (κ3) is 6.61. The number of hydrogen-bond donors (Lipinski definition) is 2. The van der Waals surface area contributed by atoms with Crippen molar-refractivity contribution in [3.63, 3.8) is 0 Å². The predicted molar refractivity (Wildman–Crippen MR) is 123 cm³/mol. The van der Waals surface area contributed by atoms with Crippen molar-refractivity contribution in [2.45, 2.75) is 51.7 Å². The molecule has 2 aliphatic rings. The summed E-state index contributed by atoms with van der Waals surface area (Å²) in [7, 11) is 0. The Morgan fingerprint density at radius 1 is 1.30 bits per heavy atom. The number of aryl methyl sites for hydroxylation is 1. The van der Waals surface area contributed by atoms with Crippen molar-refractivity contribution in [3.8, 4) is 0 Å². The van der Waals surface area contributed by atoms with Crippen LogP contribution in [0.4, 0.5) is 0 Å². The van der Waals surface area contributed by atoms with Crippen LogP contribution in [0.2, 0.25) is 0 Å². The van der Waals surface area contributed by atoms with Gasteiger partial charge in [0.2, 0.25) is 0 Å². The van der Waals surface area contributed by atoms with Crippen LogP contribution in [0.25, 0.3) is 0 Å². The molecule has 0 bridgehead atoms. The standard InChI is InChI=1S/C21H34N4O.HI/c1-4-22-21(23-12-17(3)18-9-7-16(2)8-10-18)24-13-20-14-25-11-5-6-19(25)15-26-20;/h7-10,17,19-20H,4-6,11-15H2,1-3H3,(H2,22,23,24);1H. The molecule has 0 aromatic heterocycles. The second-order valence-corrected chi connectivity index (χ2v) is 7.66. The molecule has 2 saturated heterocycles. The number of fused-ring (bicyclic) bond motifs is 1. The maximum atomic E-state index is 6.04. The molecule has 2 N–H and O–H groups in total. The second kappa shape index (κ2) is 11.2. The minimum absolute atomic E-state index is 0. The van der Waals surface area contributed by atoms with Crippen molar-refractivity contribution < 1.29 is 4.74 Å². The second-order valence-electron chi connectivity index (χ2n) is 7.66. The van der Waals surface area contributed by atoms with E-state index in [1.54, 1.807) is 0 Å². The van der Waals surface area contributed by atoms with Crippen molar-refractivity contribution in [3.05, 3.63) is 35.4 Å². The van der Waals surface area contributed by atoms with Crippen molar-refractivity contribution in [1.82, 2.24) is 15.5 Å². The van der Waals surface area contributed by atoms with Gasteiger partial charge in [-0.05, 0) is 38.8 Å². The first-order valence-corrected chi connectivity index (χ1v) is 10.1. The van der Waals surface area contributed by atoms with Crippen LogP contribution in [0.1, 0.15) is 43.7 Å². The van der Waals surface area contributed by atoms with Crippen molar-refractivity contribution in [1.29, 1.82) is 0 Å². The third-order valence-electron chi connectivity index (χ3n) is 5.47. The van der Waals surface area contributed by atoms with Gasteiger partial charge in [-0.1, -0.05) is 36.8 Å².